The van der Waals surface area contributed by atoms with Crippen molar-refractivity contribution in [2.24, 2.45) is 0 Å². The fourth-order valence-corrected chi connectivity index (χ4v) is 3.64. The molecule has 3 aromatic heterocycles. The largest absolute Gasteiger partial charge is 0.319 e. The average Bonchev–Trinajstić information content (AvgIpc) is 3.35. The molecule has 0 aliphatic carbocycles. The van der Waals surface area contributed by atoms with Crippen LogP contribution in [0.25, 0.3) is 17.1 Å². The summed E-state index contributed by atoms with van der Waals surface area (Å²) in [5, 5.41) is 9.22. The van der Waals surface area contributed by atoms with Crippen LogP contribution in [0.15, 0.2) is 66.3 Å². The SMILES string of the molecule is Cc1ccc(-n2c(SCc3nccn3C(F)F)nnc2-c2ccncc2)cc1. The number of rotatable bonds is 6. The third-order valence-corrected chi connectivity index (χ3v) is 5.08. The molecule has 1 aromatic carbocycles. The molecular weight excluding hydrogens is 382 g/mol. The summed E-state index contributed by atoms with van der Waals surface area (Å²) in [7, 11) is 0. The van der Waals surface area contributed by atoms with E-state index in [0.29, 0.717) is 11.0 Å². The van der Waals surface area contributed by atoms with Gasteiger partial charge in [0.05, 0.1) is 5.75 Å². The minimum Gasteiger partial charge on any atom is -0.277 e. The van der Waals surface area contributed by atoms with Crippen LogP contribution in [0.3, 0.4) is 0 Å². The molecule has 0 fully saturated rings. The van der Waals surface area contributed by atoms with Crippen LogP contribution >= 0.6 is 11.8 Å². The lowest BCUT2D eigenvalue weighted by Gasteiger charge is -2.11. The smallest absolute Gasteiger partial charge is 0.277 e. The Morgan fingerprint density at radius 1 is 1.00 bits per heavy atom. The number of hydrogen-bond acceptors (Lipinski definition) is 5. The van der Waals surface area contributed by atoms with Crippen molar-refractivity contribution in [1.29, 1.82) is 0 Å². The van der Waals surface area contributed by atoms with E-state index in [9.17, 15) is 8.78 Å². The van der Waals surface area contributed by atoms with Gasteiger partial charge in [-0.05, 0) is 31.2 Å². The van der Waals surface area contributed by atoms with E-state index in [0.717, 1.165) is 21.4 Å². The van der Waals surface area contributed by atoms with Crippen molar-refractivity contribution >= 4 is 11.8 Å². The number of aromatic nitrogens is 6. The number of imidazole rings is 1. The average molecular weight is 398 g/mol. The van der Waals surface area contributed by atoms with E-state index in [1.165, 1.54) is 24.2 Å². The maximum Gasteiger partial charge on any atom is 0.319 e. The second-order valence-corrected chi connectivity index (χ2v) is 6.97. The minimum absolute atomic E-state index is 0.248. The van der Waals surface area contributed by atoms with Gasteiger partial charge in [-0.15, -0.1) is 10.2 Å². The summed E-state index contributed by atoms with van der Waals surface area (Å²) in [5.74, 6) is 1.19. The molecule has 6 nitrogen and oxygen atoms in total. The van der Waals surface area contributed by atoms with Gasteiger partial charge in [-0.2, -0.15) is 8.78 Å². The molecule has 0 bridgehead atoms. The van der Waals surface area contributed by atoms with Crippen molar-refractivity contribution in [2.45, 2.75) is 24.4 Å². The first-order valence-corrected chi connectivity index (χ1v) is 9.47. The molecule has 142 valence electrons. The molecule has 0 spiro atoms. The summed E-state index contributed by atoms with van der Waals surface area (Å²) in [6.45, 7) is -0.611. The highest BCUT2D eigenvalue weighted by atomic mass is 32.2. The van der Waals surface area contributed by atoms with E-state index in [1.54, 1.807) is 12.4 Å². The quantitative estimate of drug-likeness (QED) is 0.447. The Morgan fingerprint density at radius 2 is 1.75 bits per heavy atom. The van der Waals surface area contributed by atoms with Gasteiger partial charge < -0.3 is 0 Å². The van der Waals surface area contributed by atoms with E-state index in [1.807, 2.05) is 47.9 Å². The molecule has 0 aliphatic heterocycles. The highest BCUT2D eigenvalue weighted by molar-refractivity contribution is 7.98. The lowest BCUT2D eigenvalue weighted by molar-refractivity contribution is 0.0678. The Morgan fingerprint density at radius 3 is 2.46 bits per heavy atom. The summed E-state index contributed by atoms with van der Waals surface area (Å²) in [5.41, 5.74) is 2.89. The van der Waals surface area contributed by atoms with Crippen LogP contribution in [0.2, 0.25) is 0 Å². The van der Waals surface area contributed by atoms with Gasteiger partial charge in [-0.3, -0.25) is 14.1 Å². The predicted octanol–water partition coefficient (Wildman–Crippen LogP) is 4.52. The summed E-state index contributed by atoms with van der Waals surface area (Å²) < 4.78 is 28.9. The summed E-state index contributed by atoms with van der Waals surface area (Å²) >= 11 is 1.31. The molecule has 9 heteroatoms. The van der Waals surface area contributed by atoms with Gasteiger partial charge >= 0.3 is 6.55 Å². The first-order valence-electron chi connectivity index (χ1n) is 8.49. The van der Waals surface area contributed by atoms with Crippen LogP contribution < -0.4 is 0 Å². The molecule has 0 saturated heterocycles. The van der Waals surface area contributed by atoms with Crippen LogP contribution in [-0.4, -0.2) is 29.3 Å². The highest BCUT2D eigenvalue weighted by Crippen LogP contribution is 2.30. The zero-order valence-electron chi connectivity index (χ0n) is 14.9. The second-order valence-electron chi connectivity index (χ2n) is 6.03. The van der Waals surface area contributed by atoms with Gasteiger partial charge in [-0.1, -0.05) is 29.5 Å². The number of halogens is 2. The van der Waals surface area contributed by atoms with E-state index in [2.05, 4.69) is 20.2 Å². The maximum absolute atomic E-state index is 13.1. The molecule has 0 aliphatic rings. The van der Waals surface area contributed by atoms with Gasteiger partial charge in [0.2, 0.25) is 0 Å². The first-order chi connectivity index (χ1) is 13.6. The Hall–Kier alpha value is -3.07. The number of aryl methyl sites for hydroxylation is 1. The lowest BCUT2D eigenvalue weighted by atomic mass is 10.2. The van der Waals surface area contributed by atoms with Crippen molar-refractivity contribution in [3.8, 4) is 17.1 Å². The van der Waals surface area contributed by atoms with Crippen molar-refractivity contribution in [3.63, 3.8) is 0 Å². The molecule has 0 amide bonds. The topological polar surface area (TPSA) is 61.4 Å². The molecule has 0 saturated carbocycles. The van der Waals surface area contributed by atoms with Crippen LogP contribution in [0.5, 0.6) is 0 Å². The number of nitrogens with zero attached hydrogens (tertiary/aromatic N) is 6. The van der Waals surface area contributed by atoms with Crippen molar-refractivity contribution in [2.75, 3.05) is 0 Å². The molecular formula is C19H16F2N6S. The lowest BCUT2D eigenvalue weighted by Crippen LogP contribution is -2.03. The van der Waals surface area contributed by atoms with Crippen LogP contribution in [0, 0.1) is 6.92 Å². The first kappa shape index (κ1) is 18.3. The van der Waals surface area contributed by atoms with Crippen LogP contribution in [-0.2, 0) is 5.75 Å². The number of alkyl halides is 2. The predicted molar refractivity (Wildman–Crippen MR) is 102 cm³/mol. The van der Waals surface area contributed by atoms with Gasteiger partial charge in [0, 0.05) is 36.0 Å². The van der Waals surface area contributed by atoms with Gasteiger partial charge in [-0.25, -0.2) is 4.98 Å². The Kier molecular flexibility index (Phi) is 5.16. The number of hydrogen-bond donors (Lipinski definition) is 0. The standard InChI is InChI=1S/C19H16F2N6S/c1-13-2-4-15(5-3-13)27-17(14-6-8-22-9-7-14)24-25-19(27)28-12-16-23-10-11-26(16)18(20)21/h2-11,18H,12H2,1H3. The van der Waals surface area contributed by atoms with E-state index < -0.39 is 6.55 Å². The van der Waals surface area contributed by atoms with Gasteiger partial charge in [0.1, 0.15) is 5.82 Å². The van der Waals surface area contributed by atoms with E-state index >= 15 is 0 Å². The maximum atomic E-state index is 13.1. The molecule has 3 heterocycles. The van der Waals surface area contributed by atoms with Crippen molar-refractivity contribution in [3.05, 3.63) is 72.6 Å². The zero-order valence-corrected chi connectivity index (χ0v) is 15.7. The third kappa shape index (κ3) is 3.65. The number of benzene rings is 1. The molecule has 28 heavy (non-hydrogen) atoms. The van der Waals surface area contributed by atoms with Crippen LogP contribution in [0.1, 0.15) is 17.9 Å². The molecule has 4 rings (SSSR count). The van der Waals surface area contributed by atoms with Gasteiger partial charge in [0.25, 0.3) is 0 Å². The Bertz CT molecular complexity index is 1060. The summed E-state index contributed by atoms with van der Waals surface area (Å²) in [6.07, 6.45) is 6.02. The highest BCUT2D eigenvalue weighted by Gasteiger charge is 2.18. The molecule has 0 atom stereocenters. The molecule has 0 unspecified atom stereocenters. The van der Waals surface area contributed by atoms with Gasteiger partial charge in [0.15, 0.2) is 11.0 Å². The minimum atomic E-state index is -2.62. The third-order valence-electron chi connectivity index (χ3n) is 4.15. The number of thioether (sulfide) groups is 1. The fourth-order valence-electron chi connectivity index (χ4n) is 2.74. The van der Waals surface area contributed by atoms with E-state index in [4.69, 9.17) is 0 Å². The van der Waals surface area contributed by atoms with Crippen molar-refractivity contribution in [1.82, 2.24) is 29.3 Å². The fraction of sp³-hybridized carbons (Fsp3) is 0.158. The second kappa shape index (κ2) is 7.89. The summed E-state index contributed by atoms with van der Waals surface area (Å²) in [6, 6.07) is 11.7. The molecule has 4 aromatic rings. The monoisotopic (exact) mass is 398 g/mol. The number of pyridine rings is 1. The molecule has 0 N–H and O–H groups in total. The Balaban J connectivity index is 1.72. The zero-order chi connectivity index (χ0) is 19.5. The van der Waals surface area contributed by atoms with Crippen LogP contribution in [0.4, 0.5) is 8.78 Å². The van der Waals surface area contributed by atoms with E-state index in [-0.39, 0.29) is 11.6 Å². The molecule has 0 radical (unpaired) electrons. The normalized spacial score (nSPS) is 11.3. The van der Waals surface area contributed by atoms with Crippen molar-refractivity contribution < 1.29 is 8.78 Å². The summed E-state index contributed by atoms with van der Waals surface area (Å²) in [4.78, 5) is 8.07. The Labute approximate surface area is 164 Å².